The number of rotatable bonds is 8. The highest BCUT2D eigenvalue weighted by Gasteiger charge is 2.37. The first-order valence-electron chi connectivity index (χ1n) is 12.2. The molecule has 39 heavy (non-hydrogen) atoms. The molecule has 5 rings (SSSR count). The molecule has 200 valence electrons. The number of nitrogens with zero attached hydrogens (tertiary/aromatic N) is 3. The zero-order chi connectivity index (χ0) is 27.5. The first-order valence-corrected chi connectivity index (χ1v) is 12.2. The number of methoxy groups -OCH3 is 4. The van der Waals surface area contributed by atoms with Crippen LogP contribution in [0, 0.1) is 0 Å². The second-order valence-corrected chi connectivity index (χ2v) is 8.71. The summed E-state index contributed by atoms with van der Waals surface area (Å²) in [5.41, 5.74) is 2.99. The van der Waals surface area contributed by atoms with Gasteiger partial charge < -0.3 is 29.6 Å². The second kappa shape index (κ2) is 10.8. The molecule has 4 aromatic rings. The molecule has 2 heterocycles. The highest BCUT2D eigenvalue weighted by atomic mass is 16.5. The minimum Gasteiger partial charge on any atom is -0.496 e. The van der Waals surface area contributed by atoms with Crippen molar-refractivity contribution < 1.29 is 23.7 Å². The molecule has 0 saturated heterocycles. The standard InChI is InChI=1S/C29H29N5O5/c1-17-24(28(35)31-20-13-7-9-15-22(20)37-3)25(19-12-10-16-23(38-4)26(19)39-5)34-29(30-17)32-27(33-34)18-11-6-8-14-21(18)36-2/h6-16,25H,1-5H3,(H,31,35)(H,30,32,33). The summed E-state index contributed by atoms with van der Waals surface area (Å²) in [5.74, 6) is 2.78. The Hall–Kier alpha value is -4.99. The van der Waals surface area contributed by atoms with E-state index in [0.29, 0.717) is 57.3 Å². The summed E-state index contributed by atoms with van der Waals surface area (Å²) in [6.45, 7) is 1.83. The van der Waals surface area contributed by atoms with Crippen LogP contribution >= 0.6 is 0 Å². The Morgan fingerprint density at radius 2 is 1.51 bits per heavy atom. The van der Waals surface area contributed by atoms with Crippen molar-refractivity contribution in [1.29, 1.82) is 0 Å². The first kappa shape index (κ1) is 25.7. The quantitative estimate of drug-likeness (QED) is 0.333. The molecule has 0 saturated carbocycles. The molecule has 10 nitrogen and oxygen atoms in total. The van der Waals surface area contributed by atoms with E-state index in [1.165, 1.54) is 0 Å². The van der Waals surface area contributed by atoms with Gasteiger partial charge in [0.2, 0.25) is 5.95 Å². The summed E-state index contributed by atoms with van der Waals surface area (Å²) in [6, 6.07) is 19.6. The highest BCUT2D eigenvalue weighted by Crippen LogP contribution is 2.44. The van der Waals surface area contributed by atoms with Crippen molar-refractivity contribution in [3.05, 3.63) is 83.6 Å². The van der Waals surface area contributed by atoms with Crippen LogP contribution in [-0.4, -0.2) is 49.1 Å². The number of allylic oxidation sites excluding steroid dienone is 1. The molecule has 0 radical (unpaired) electrons. The SMILES string of the molecule is COc1ccccc1NC(=O)C1=C(C)Nc2nc(-c3ccccc3OC)nn2C1c1cccc(OC)c1OC. The fourth-order valence-corrected chi connectivity index (χ4v) is 4.74. The Labute approximate surface area is 226 Å². The molecule has 0 spiro atoms. The van der Waals surface area contributed by atoms with Gasteiger partial charge in [-0.25, -0.2) is 4.68 Å². The van der Waals surface area contributed by atoms with E-state index in [1.807, 2.05) is 55.5 Å². The van der Waals surface area contributed by atoms with Crippen LogP contribution in [0.25, 0.3) is 11.4 Å². The smallest absolute Gasteiger partial charge is 0.255 e. The number of ether oxygens (including phenoxy) is 4. The average molecular weight is 528 g/mol. The number of anilines is 2. The summed E-state index contributed by atoms with van der Waals surface area (Å²) < 4.78 is 24.0. The molecular weight excluding hydrogens is 498 g/mol. The van der Waals surface area contributed by atoms with Crippen LogP contribution in [0.4, 0.5) is 11.6 Å². The molecule has 2 N–H and O–H groups in total. The van der Waals surface area contributed by atoms with Gasteiger partial charge in [0.15, 0.2) is 17.3 Å². The van der Waals surface area contributed by atoms with Crippen LogP contribution in [0.1, 0.15) is 18.5 Å². The van der Waals surface area contributed by atoms with Crippen LogP contribution < -0.4 is 29.6 Å². The number of hydrogen-bond donors (Lipinski definition) is 2. The summed E-state index contributed by atoms with van der Waals surface area (Å²) >= 11 is 0. The molecule has 3 aromatic carbocycles. The van der Waals surface area contributed by atoms with Crippen molar-refractivity contribution in [1.82, 2.24) is 14.8 Å². The highest BCUT2D eigenvalue weighted by molar-refractivity contribution is 6.06. The van der Waals surface area contributed by atoms with Gasteiger partial charge in [0.1, 0.15) is 17.5 Å². The summed E-state index contributed by atoms with van der Waals surface area (Å²) in [7, 11) is 6.29. The Morgan fingerprint density at radius 1 is 0.846 bits per heavy atom. The average Bonchev–Trinajstić information content (AvgIpc) is 3.39. The molecular formula is C29H29N5O5. The van der Waals surface area contributed by atoms with Gasteiger partial charge in [-0.15, -0.1) is 5.10 Å². The van der Waals surface area contributed by atoms with E-state index in [2.05, 4.69) is 10.6 Å². The predicted octanol–water partition coefficient (Wildman–Crippen LogP) is 4.91. The van der Waals surface area contributed by atoms with Gasteiger partial charge in [0.05, 0.1) is 45.3 Å². The maximum Gasteiger partial charge on any atom is 0.255 e. The molecule has 1 unspecified atom stereocenters. The van der Waals surface area contributed by atoms with Crippen molar-refractivity contribution in [2.45, 2.75) is 13.0 Å². The van der Waals surface area contributed by atoms with Gasteiger partial charge in [-0.1, -0.05) is 36.4 Å². The summed E-state index contributed by atoms with van der Waals surface area (Å²) in [5, 5.41) is 11.1. The fourth-order valence-electron chi connectivity index (χ4n) is 4.74. The number of carbonyl (C=O) groups excluding carboxylic acids is 1. The van der Waals surface area contributed by atoms with E-state index < -0.39 is 6.04 Å². The summed E-state index contributed by atoms with van der Waals surface area (Å²) in [4.78, 5) is 18.7. The molecule has 1 aliphatic rings. The molecule has 1 atom stereocenters. The van der Waals surface area contributed by atoms with Gasteiger partial charge in [0.25, 0.3) is 5.91 Å². The third-order valence-corrected chi connectivity index (χ3v) is 6.53. The van der Waals surface area contributed by atoms with E-state index >= 15 is 0 Å². The lowest BCUT2D eigenvalue weighted by Gasteiger charge is -2.30. The summed E-state index contributed by atoms with van der Waals surface area (Å²) in [6.07, 6.45) is 0. The van der Waals surface area contributed by atoms with Gasteiger partial charge in [-0.2, -0.15) is 4.98 Å². The first-order chi connectivity index (χ1) is 19.0. The van der Waals surface area contributed by atoms with E-state index in [-0.39, 0.29) is 5.91 Å². The number of para-hydroxylation sites is 4. The maximum absolute atomic E-state index is 14.0. The van der Waals surface area contributed by atoms with E-state index in [4.69, 9.17) is 29.0 Å². The van der Waals surface area contributed by atoms with E-state index in [9.17, 15) is 4.79 Å². The molecule has 0 aliphatic carbocycles. The lowest BCUT2D eigenvalue weighted by atomic mass is 9.94. The van der Waals surface area contributed by atoms with Crippen LogP contribution in [0.3, 0.4) is 0 Å². The molecule has 0 bridgehead atoms. The lowest BCUT2D eigenvalue weighted by molar-refractivity contribution is -0.113. The third-order valence-electron chi connectivity index (χ3n) is 6.53. The number of amides is 1. The Kier molecular flexibility index (Phi) is 7.09. The van der Waals surface area contributed by atoms with Crippen molar-refractivity contribution in [3.8, 4) is 34.4 Å². The normalized spacial score (nSPS) is 14.2. The van der Waals surface area contributed by atoms with E-state index in [1.54, 1.807) is 51.3 Å². The monoisotopic (exact) mass is 527 g/mol. The van der Waals surface area contributed by atoms with E-state index in [0.717, 1.165) is 5.56 Å². The van der Waals surface area contributed by atoms with Gasteiger partial charge in [0, 0.05) is 11.3 Å². The number of aromatic nitrogens is 3. The van der Waals surface area contributed by atoms with Crippen molar-refractivity contribution in [3.63, 3.8) is 0 Å². The van der Waals surface area contributed by atoms with Crippen LogP contribution in [0.15, 0.2) is 78.0 Å². The molecule has 1 aliphatic heterocycles. The number of fused-ring (bicyclic) bond motifs is 1. The minimum absolute atomic E-state index is 0.334. The Bertz CT molecular complexity index is 1560. The van der Waals surface area contributed by atoms with Gasteiger partial charge in [-0.05, 0) is 37.3 Å². The van der Waals surface area contributed by atoms with Crippen LogP contribution in [-0.2, 0) is 4.79 Å². The van der Waals surface area contributed by atoms with Gasteiger partial charge >= 0.3 is 0 Å². The zero-order valence-electron chi connectivity index (χ0n) is 22.3. The Balaban J connectivity index is 1.68. The molecule has 0 fully saturated rings. The topological polar surface area (TPSA) is 109 Å². The number of hydrogen-bond acceptors (Lipinski definition) is 8. The van der Waals surface area contributed by atoms with Crippen molar-refractivity contribution in [2.75, 3.05) is 39.1 Å². The lowest BCUT2D eigenvalue weighted by Crippen LogP contribution is -2.32. The molecule has 1 amide bonds. The number of benzene rings is 3. The van der Waals surface area contributed by atoms with Crippen molar-refractivity contribution in [2.24, 2.45) is 0 Å². The third kappa shape index (κ3) is 4.61. The number of nitrogens with one attached hydrogen (secondary N) is 2. The fraction of sp³-hybridized carbons (Fsp3) is 0.207. The minimum atomic E-state index is -0.697. The zero-order valence-corrected chi connectivity index (χ0v) is 22.3. The molecule has 1 aromatic heterocycles. The van der Waals surface area contributed by atoms with Gasteiger partial charge in [-0.3, -0.25) is 4.79 Å². The van der Waals surface area contributed by atoms with Crippen LogP contribution in [0.2, 0.25) is 0 Å². The largest absolute Gasteiger partial charge is 0.496 e. The number of carbonyl (C=O) groups is 1. The van der Waals surface area contributed by atoms with Crippen molar-refractivity contribution >= 4 is 17.5 Å². The molecule has 10 heteroatoms. The Morgan fingerprint density at radius 3 is 2.23 bits per heavy atom. The van der Waals surface area contributed by atoms with Crippen LogP contribution in [0.5, 0.6) is 23.0 Å². The predicted molar refractivity (Wildman–Crippen MR) is 148 cm³/mol. The maximum atomic E-state index is 14.0. The second-order valence-electron chi connectivity index (χ2n) is 8.71.